The molecule has 0 radical (unpaired) electrons. The molecular weight excluding hydrogens is 470 g/mol. The highest BCUT2D eigenvalue weighted by atomic mass is 35.5. The fourth-order valence-electron chi connectivity index (χ4n) is 6.44. The number of carbonyl (C=O) groups is 1. The molecule has 1 saturated carbocycles. The Bertz CT molecular complexity index is 1040. The summed E-state index contributed by atoms with van der Waals surface area (Å²) in [6.07, 6.45) is 3.41. The van der Waals surface area contributed by atoms with Crippen molar-refractivity contribution in [2.75, 3.05) is 26.2 Å². The quantitative estimate of drug-likeness (QED) is 0.640. The van der Waals surface area contributed by atoms with Crippen LogP contribution in [0.5, 0.6) is 0 Å². The molecule has 2 aromatic rings. The van der Waals surface area contributed by atoms with E-state index in [1.54, 1.807) is 0 Å². The van der Waals surface area contributed by atoms with Crippen molar-refractivity contribution in [2.45, 2.75) is 50.7 Å². The van der Waals surface area contributed by atoms with Gasteiger partial charge in [-0.25, -0.2) is 8.78 Å². The van der Waals surface area contributed by atoms with Crippen LogP contribution in [-0.2, 0) is 10.4 Å². The van der Waals surface area contributed by atoms with E-state index in [4.69, 9.17) is 0 Å². The lowest BCUT2D eigenvalue weighted by Gasteiger charge is -2.48. The van der Waals surface area contributed by atoms with E-state index in [1.807, 2.05) is 49.1 Å². The molecule has 2 aliphatic heterocycles. The first-order valence-electron chi connectivity index (χ1n) is 12.5. The third-order valence-electron chi connectivity index (χ3n) is 8.66. The highest BCUT2D eigenvalue weighted by Crippen LogP contribution is 2.44. The average Bonchev–Trinajstić information content (AvgIpc) is 3.20. The van der Waals surface area contributed by atoms with Gasteiger partial charge in [-0.05, 0) is 30.0 Å². The molecule has 2 heterocycles. The van der Waals surface area contributed by atoms with Gasteiger partial charge >= 0.3 is 0 Å². The van der Waals surface area contributed by atoms with E-state index in [2.05, 4.69) is 4.90 Å². The summed E-state index contributed by atoms with van der Waals surface area (Å²) in [6.45, 7) is 6.12. The minimum atomic E-state index is -1.01. The van der Waals surface area contributed by atoms with Crippen molar-refractivity contribution >= 4 is 18.3 Å². The van der Waals surface area contributed by atoms with Crippen LogP contribution in [0.2, 0.25) is 0 Å². The van der Waals surface area contributed by atoms with E-state index < -0.39 is 17.2 Å². The van der Waals surface area contributed by atoms with Crippen LogP contribution in [0.4, 0.5) is 8.78 Å². The van der Waals surface area contributed by atoms with Gasteiger partial charge in [0.25, 0.3) is 0 Å². The molecule has 3 aliphatic rings. The van der Waals surface area contributed by atoms with Crippen LogP contribution < -0.4 is 0 Å². The van der Waals surface area contributed by atoms with E-state index in [1.165, 1.54) is 18.6 Å². The van der Waals surface area contributed by atoms with Gasteiger partial charge in [0.2, 0.25) is 5.91 Å². The minimum absolute atomic E-state index is 0. The highest BCUT2D eigenvalue weighted by molar-refractivity contribution is 5.85. The van der Waals surface area contributed by atoms with Crippen molar-refractivity contribution in [3.63, 3.8) is 0 Å². The predicted octanol–water partition coefficient (Wildman–Crippen LogP) is 4.96. The second kappa shape index (κ2) is 10.2. The average molecular weight is 505 g/mol. The first kappa shape index (κ1) is 26.1. The molecule has 7 heteroatoms. The Hall–Kier alpha value is -2.02. The largest absolute Gasteiger partial charge is 0.384 e. The van der Waals surface area contributed by atoms with Crippen LogP contribution in [0.15, 0.2) is 48.5 Å². The Labute approximate surface area is 212 Å². The van der Waals surface area contributed by atoms with Gasteiger partial charge < -0.3 is 10.0 Å². The molecule has 190 valence electrons. The maximum Gasteiger partial charge on any atom is 0.227 e. The van der Waals surface area contributed by atoms with Gasteiger partial charge in [0.15, 0.2) is 0 Å². The molecule has 0 aromatic heterocycles. The van der Waals surface area contributed by atoms with Crippen LogP contribution in [0.25, 0.3) is 0 Å². The van der Waals surface area contributed by atoms with Crippen LogP contribution in [0, 0.1) is 29.4 Å². The zero-order chi connectivity index (χ0) is 24.0. The van der Waals surface area contributed by atoms with Crippen LogP contribution in [-0.4, -0.2) is 53.0 Å². The Balaban J connectivity index is 0.00000289. The summed E-state index contributed by atoms with van der Waals surface area (Å²) in [5.41, 5.74) is 0.305. The summed E-state index contributed by atoms with van der Waals surface area (Å²) >= 11 is 0. The summed E-state index contributed by atoms with van der Waals surface area (Å²) in [4.78, 5) is 18.1. The molecule has 5 atom stereocenters. The lowest BCUT2D eigenvalue weighted by molar-refractivity contribution is -0.152. The zero-order valence-electron chi connectivity index (χ0n) is 20.4. The van der Waals surface area contributed by atoms with Gasteiger partial charge in [-0.2, -0.15) is 0 Å². The second-order valence-electron chi connectivity index (χ2n) is 10.7. The summed E-state index contributed by atoms with van der Waals surface area (Å²) in [5, 5.41) is 11.7. The molecule has 3 fully saturated rings. The molecule has 1 unspecified atom stereocenters. The molecular formula is C28H35ClF2N2O2. The molecule has 1 N–H and O–H groups in total. The Morgan fingerprint density at radius 3 is 2.20 bits per heavy atom. The molecule has 35 heavy (non-hydrogen) atoms. The van der Waals surface area contributed by atoms with E-state index >= 15 is 0 Å². The number of hydrogen-bond donors (Lipinski definition) is 1. The summed E-state index contributed by atoms with van der Waals surface area (Å²) in [6, 6.07) is 13.9. The van der Waals surface area contributed by atoms with Crippen molar-refractivity contribution < 1.29 is 18.7 Å². The maximum absolute atomic E-state index is 14.8. The van der Waals surface area contributed by atoms with Gasteiger partial charge in [0, 0.05) is 56.0 Å². The highest BCUT2D eigenvalue weighted by Gasteiger charge is 2.50. The molecule has 1 aliphatic carbocycles. The van der Waals surface area contributed by atoms with Crippen LogP contribution in [0.3, 0.4) is 0 Å². The van der Waals surface area contributed by atoms with Gasteiger partial charge in [-0.1, -0.05) is 56.7 Å². The predicted molar refractivity (Wildman–Crippen MR) is 134 cm³/mol. The number of likely N-dealkylation sites (tertiary alicyclic amines) is 2. The van der Waals surface area contributed by atoms with Crippen molar-refractivity contribution in [3.05, 3.63) is 71.3 Å². The first-order chi connectivity index (χ1) is 16.3. The fourth-order valence-corrected chi connectivity index (χ4v) is 6.44. The van der Waals surface area contributed by atoms with Gasteiger partial charge in [0.1, 0.15) is 11.6 Å². The first-order valence-corrected chi connectivity index (χ1v) is 12.5. The summed E-state index contributed by atoms with van der Waals surface area (Å²) < 4.78 is 28.4. The Kier molecular flexibility index (Phi) is 7.56. The summed E-state index contributed by atoms with van der Waals surface area (Å²) in [7, 11) is 0. The number of rotatable bonds is 4. The lowest BCUT2D eigenvalue weighted by Crippen LogP contribution is -2.57. The van der Waals surface area contributed by atoms with Crippen LogP contribution >= 0.6 is 12.4 Å². The number of piperidine rings is 1. The monoisotopic (exact) mass is 504 g/mol. The Morgan fingerprint density at radius 2 is 1.63 bits per heavy atom. The standard InChI is InChI=1S/C28H34F2N2O2.ClH/c1-18-14-32(15-19(2)28(18,34)20-7-4-3-5-8-20)27(33)25-17-31(22-9-6-10-22)16-24(25)23-12-11-21(29)13-26(23)30;/h3-5,7-8,11-13,18-19,22,24-25,34H,6,9-10,14-17H2,1-2H3;1H/t18-,19+,24-,25+,28?;/m0./s1. The smallest absolute Gasteiger partial charge is 0.227 e. The topological polar surface area (TPSA) is 43.8 Å². The lowest BCUT2D eigenvalue weighted by atomic mass is 9.70. The third kappa shape index (κ3) is 4.61. The molecule has 1 amide bonds. The van der Waals surface area contributed by atoms with Crippen molar-refractivity contribution in [3.8, 4) is 0 Å². The number of hydrogen-bond acceptors (Lipinski definition) is 3. The molecule has 5 rings (SSSR count). The zero-order valence-corrected chi connectivity index (χ0v) is 21.2. The number of carbonyl (C=O) groups excluding carboxylic acids is 1. The number of halogens is 3. The summed E-state index contributed by atoms with van der Waals surface area (Å²) in [5.74, 6) is -2.11. The molecule has 4 nitrogen and oxygen atoms in total. The molecule has 0 spiro atoms. The number of benzene rings is 2. The van der Waals surface area contributed by atoms with E-state index in [0.29, 0.717) is 37.8 Å². The Morgan fingerprint density at radius 1 is 0.971 bits per heavy atom. The number of nitrogens with zero attached hydrogens (tertiary/aromatic N) is 2. The van der Waals surface area contributed by atoms with Crippen LogP contribution in [0.1, 0.15) is 50.2 Å². The maximum atomic E-state index is 14.8. The fraction of sp³-hybridized carbons (Fsp3) is 0.536. The van der Waals surface area contributed by atoms with Gasteiger partial charge in [-0.15, -0.1) is 12.4 Å². The van der Waals surface area contributed by atoms with E-state index in [-0.39, 0.29) is 42.0 Å². The normalized spacial score (nSPS) is 31.6. The van der Waals surface area contributed by atoms with Gasteiger partial charge in [-0.3, -0.25) is 9.69 Å². The SMILES string of the molecule is C[C@@H]1CN(C(=O)[C@@H]2CN(C3CCC3)C[C@H]2c2ccc(F)cc2F)C[C@H](C)C1(O)c1ccccc1.Cl. The molecule has 0 bridgehead atoms. The molecule has 2 saturated heterocycles. The second-order valence-corrected chi connectivity index (χ2v) is 10.7. The molecule has 2 aromatic carbocycles. The number of amides is 1. The number of aliphatic hydroxyl groups is 1. The van der Waals surface area contributed by atoms with E-state index in [9.17, 15) is 18.7 Å². The third-order valence-corrected chi connectivity index (χ3v) is 8.66. The van der Waals surface area contributed by atoms with Gasteiger partial charge in [0.05, 0.1) is 11.5 Å². The van der Waals surface area contributed by atoms with Crippen molar-refractivity contribution in [1.29, 1.82) is 0 Å². The van der Waals surface area contributed by atoms with E-state index in [0.717, 1.165) is 24.5 Å². The van der Waals surface area contributed by atoms with Crippen molar-refractivity contribution in [2.24, 2.45) is 17.8 Å². The minimum Gasteiger partial charge on any atom is -0.384 e. The van der Waals surface area contributed by atoms with Crippen molar-refractivity contribution in [1.82, 2.24) is 9.80 Å².